The van der Waals surface area contributed by atoms with Gasteiger partial charge in [-0.25, -0.2) is 14.5 Å². The third-order valence-corrected chi connectivity index (χ3v) is 12.3. The summed E-state index contributed by atoms with van der Waals surface area (Å²) in [6.07, 6.45) is 11.8. The van der Waals surface area contributed by atoms with Crippen LogP contribution in [-0.2, 0) is 62.2 Å². The number of nitrogens with zero attached hydrogens (tertiary/aromatic N) is 9. The average molecular weight is 1030 g/mol. The molecule has 0 aliphatic carbocycles. The topological polar surface area (TPSA) is 364 Å². The van der Waals surface area contributed by atoms with Crippen LogP contribution in [0.15, 0.2) is 42.5 Å². The first kappa shape index (κ1) is 57.8. The van der Waals surface area contributed by atoms with Gasteiger partial charge in [-0.3, -0.25) is 38.3 Å². The number of rotatable bonds is 29. The minimum absolute atomic E-state index is 0.115. The lowest BCUT2D eigenvalue weighted by Gasteiger charge is -2.28. The summed E-state index contributed by atoms with van der Waals surface area (Å²) in [7, 11) is -1.43. The molecule has 6 atom stereocenters. The molecule has 3 aromatic heterocycles. The van der Waals surface area contributed by atoms with Crippen LogP contribution in [0.1, 0.15) is 95.3 Å². The maximum absolute atomic E-state index is 14.1. The number of carbonyl (C=O) groups excluding carboxylic acids is 6. The first-order chi connectivity index (χ1) is 34.1. The Balaban J connectivity index is 1.41. The molecule has 3 aromatic rings. The number of aliphatic hydroxyl groups excluding tert-OH is 1. The Morgan fingerprint density at radius 3 is 2.29 bits per heavy atom. The van der Waals surface area contributed by atoms with Gasteiger partial charge in [-0.15, -0.1) is 0 Å². The number of phosphoric acid groups is 1. The molecule has 72 heavy (non-hydrogen) atoms. The molecule has 6 amide bonds. The molecule has 4 rings (SSSR count). The number of nitrogens with two attached hydrogens (primary N) is 1. The zero-order valence-corrected chi connectivity index (χ0v) is 42.2. The summed E-state index contributed by atoms with van der Waals surface area (Å²) in [4.78, 5) is 120. The number of amides is 6. The van der Waals surface area contributed by atoms with Crippen LogP contribution in [0.2, 0.25) is 0 Å². The van der Waals surface area contributed by atoms with Crippen molar-refractivity contribution < 1.29 is 57.6 Å². The molecule has 0 spiro atoms. The van der Waals surface area contributed by atoms with Crippen molar-refractivity contribution in [2.75, 3.05) is 38.8 Å². The quantitative estimate of drug-likeness (QED) is 0.0190. The van der Waals surface area contributed by atoms with Gasteiger partial charge in [-0.05, 0) is 57.4 Å². The third kappa shape index (κ3) is 17.5. The van der Waals surface area contributed by atoms with Crippen LogP contribution < -0.4 is 31.9 Å². The van der Waals surface area contributed by atoms with Gasteiger partial charge in [0.2, 0.25) is 35.4 Å². The molecule has 1 aliphatic rings. The van der Waals surface area contributed by atoms with Crippen LogP contribution in [0, 0.1) is 17.2 Å². The number of aryl methyl sites for hydroxylation is 1. The first-order valence-corrected chi connectivity index (χ1v) is 25.0. The van der Waals surface area contributed by atoms with Crippen LogP contribution in [-0.4, -0.2) is 156 Å². The van der Waals surface area contributed by atoms with Gasteiger partial charge in [0.05, 0.1) is 67.0 Å². The summed E-state index contributed by atoms with van der Waals surface area (Å²) in [6, 6.07) is -2.92. The third-order valence-electron chi connectivity index (χ3n) is 11.6. The first-order valence-electron chi connectivity index (χ1n) is 23.5. The van der Waals surface area contributed by atoms with Gasteiger partial charge in [0.25, 0.3) is 0 Å². The Hall–Kier alpha value is -6.78. The van der Waals surface area contributed by atoms with E-state index in [9.17, 15) is 53.5 Å². The Labute approximate surface area is 417 Å². The van der Waals surface area contributed by atoms with Crippen molar-refractivity contribution in [3.63, 3.8) is 0 Å². The molecular formula is C45H67N14O12P. The fourth-order valence-electron chi connectivity index (χ4n) is 8.00. The lowest BCUT2D eigenvalue weighted by Crippen LogP contribution is -2.61. The number of oxime groups is 1. The largest absolute Gasteiger partial charge is 0.469 e. The van der Waals surface area contributed by atoms with Gasteiger partial charge in [-0.1, -0.05) is 25.4 Å². The second kappa shape index (κ2) is 27.7. The summed E-state index contributed by atoms with van der Waals surface area (Å²) >= 11 is 0. The fourth-order valence-corrected chi connectivity index (χ4v) is 8.56. The molecule has 26 nitrogen and oxygen atoms in total. The van der Waals surface area contributed by atoms with Crippen molar-refractivity contribution in [2.45, 2.75) is 128 Å². The Morgan fingerprint density at radius 1 is 0.972 bits per heavy atom. The van der Waals surface area contributed by atoms with E-state index in [-0.39, 0.29) is 24.7 Å². The number of carbonyl (C=O) groups is 6. The number of anilines is 1. The van der Waals surface area contributed by atoms with Gasteiger partial charge >= 0.3 is 7.82 Å². The summed E-state index contributed by atoms with van der Waals surface area (Å²) in [6.45, 7) is 6.57. The Bertz CT molecular complexity index is 2450. The second-order valence-corrected chi connectivity index (χ2v) is 19.1. The molecule has 4 heterocycles. The highest BCUT2D eigenvalue weighted by molar-refractivity contribution is 7.46. The van der Waals surface area contributed by atoms with Gasteiger partial charge in [0.1, 0.15) is 42.9 Å². The number of likely N-dealkylation sites (tertiary alicyclic amines) is 1. The zero-order valence-electron chi connectivity index (χ0n) is 41.3. The van der Waals surface area contributed by atoms with Crippen molar-refractivity contribution >= 4 is 55.2 Å². The van der Waals surface area contributed by atoms with E-state index in [4.69, 9.17) is 10.6 Å². The normalized spacial score (nSPS) is 15.8. The summed E-state index contributed by atoms with van der Waals surface area (Å²) in [5.41, 5.74) is 8.35. The van der Waals surface area contributed by atoms with Crippen molar-refractivity contribution in [3.05, 3.63) is 60.0 Å². The number of aromatic nitrogens is 5. The Morgan fingerprint density at radius 2 is 1.64 bits per heavy atom. The number of hydrogen-bond acceptors (Lipinski definition) is 16. The minimum atomic E-state index is -5.14. The van der Waals surface area contributed by atoms with Crippen molar-refractivity contribution in [1.82, 2.24) is 50.3 Å². The molecule has 1 aliphatic heterocycles. The van der Waals surface area contributed by atoms with E-state index < -0.39 is 80.3 Å². The van der Waals surface area contributed by atoms with Crippen LogP contribution in [0.25, 0.3) is 0 Å². The fraction of sp³-hybridized carbons (Fsp3) is 0.578. The molecule has 1 fully saturated rings. The number of pyridine rings is 1. The summed E-state index contributed by atoms with van der Waals surface area (Å²) in [5.74, 6) is -5.04. The lowest BCUT2D eigenvalue weighted by molar-refractivity contribution is -0.139. The van der Waals surface area contributed by atoms with Crippen molar-refractivity contribution in [3.8, 4) is 6.07 Å². The number of aliphatic hydroxyl groups is 1. The minimum Gasteiger partial charge on any atom is -0.396 e. The molecule has 27 heteroatoms. The van der Waals surface area contributed by atoms with Crippen molar-refractivity contribution in [1.29, 1.82) is 5.26 Å². The highest BCUT2D eigenvalue weighted by Gasteiger charge is 2.37. The smallest absolute Gasteiger partial charge is 0.396 e. The van der Waals surface area contributed by atoms with Crippen LogP contribution in [0.5, 0.6) is 0 Å². The van der Waals surface area contributed by atoms with Crippen molar-refractivity contribution in [2.24, 2.45) is 16.8 Å². The SMILES string of the molecule is CC(=O)N1CCC[C@H]1C(=O)N[C@@H](CC(C)C)C(=O)N[C@@H](Cc1cncn1CCCCCCO/N=C/c1cncn1Cc1nccc(N(C)C)c1C#N)C(=O)N[C@@H](CO)C(=O)N[C@H](C(N)=O)[C@@H](C)OP(=O)(O)O. The highest BCUT2D eigenvalue weighted by Crippen LogP contribution is 2.38. The van der Waals surface area contributed by atoms with E-state index in [1.807, 2.05) is 32.8 Å². The van der Waals surface area contributed by atoms with Gasteiger partial charge in [0.15, 0.2) is 0 Å². The number of imidazole rings is 2. The standard InChI is InChI=1S/C45H67N14O12P/c1-28(2)18-34(53-45(66)39-12-11-16-59(39)30(4)61)42(63)52-35(43(64)54-37(25-60)44(65)55-40(41(47)62)29(3)71-72(67,68)69)19-31-21-48-26-57(31)15-9-7-8-10-17-70-51-23-32-22-49-27-58(32)24-36-33(20-46)38(56(5)6)13-14-50-36/h13-14,21-23,26-29,34-35,37,39-40,60H,7-12,15-19,24-25H2,1-6H3,(H2,47,62)(H,52,63)(H,53,66)(H,54,64)(H,55,65)(H2,67,68,69)/b51-23+/t29-,34+,35+,37+,39+,40+/m1/s1. The highest BCUT2D eigenvalue weighted by atomic mass is 31.2. The molecule has 0 unspecified atom stereocenters. The number of unbranched alkanes of at least 4 members (excludes halogenated alkanes) is 3. The molecule has 0 saturated carbocycles. The molecule has 394 valence electrons. The van der Waals surface area contributed by atoms with E-state index in [1.165, 1.54) is 18.0 Å². The maximum Gasteiger partial charge on any atom is 0.469 e. The lowest BCUT2D eigenvalue weighted by atomic mass is 10.0. The monoisotopic (exact) mass is 1030 g/mol. The summed E-state index contributed by atoms with van der Waals surface area (Å²) in [5, 5.41) is 34.1. The molecule has 1 saturated heterocycles. The van der Waals surface area contributed by atoms with Gasteiger partial charge in [-0.2, -0.15) is 5.26 Å². The van der Waals surface area contributed by atoms with E-state index >= 15 is 0 Å². The second-order valence-electron chi connectivity index (χ2n) is 17.9. The predicted octanol–water partition coefficient (Wildman–Crippen LogP) is -0.414. The molecule has 9 N–H and O–H groups in total. The number of hydrogen-bond donors (Lipinski definition) is 8. The maximum atomic E-state index is 14.1. The number of phosphoric ester groups is 1. The zero-order chi connectivity index (χ0) is 53.1. The van der Waals surface area contributed by atoms with E-state index in [0.29, 0.717) is 74.6 Å². The molecule has 0 aromatic carbocycles. The van der Waals surface area contributed by atoms with Gasteiger partial charge in [0, 0.05) is 58.6 Å². The van der Waals surface area contributed by atoms with Gasteiger partial charge < -0.3 is 65.7 Å². The molecular weight excluding hydrogens is 960 g/mol. The number of primary amides is 1. The van der Waals surface area contributed by atoms with Crippen LogP contribution in [0.4, 0.5) is 5.69 Å². The molecule has 0 bridgehead atoms. The van der Waals surface area contributed by atoms with Crippen LogP contribution in [0.3, 0.4) is 0 Å². The predicted molar refractivity (Wildman–Crippen MR) is 259 cm³/mol. The van der Waals surface area contributed by atoms with E-state index in [2.05, 4.69) is 52.0 Å². The number of nitriles is 1. The molecule has 0 radical (unpaired) electrons. The van der Waals surface area contributed by atoms with Crippen LogP contribution >= 0.6 is 7.82 Å². The number of nitrogens with one attached hydrogen (secondary N) is 4. The van der Waals surface area contributed by atoms with E-state index in [1.54, 1.807) is 46.5 Å². The Kier molecular flexibility index (Phi) is 22.3. The summed E-state index contributed by atoms with van der Waals surface area (Å²) < 4.78 is 19.5. The van der Waals surface area contributed by atoms with E-state index in [0.717, 1.165) is 25.5 Å². The average Bonchev–Trinajstić information content (AvgIpc) is 4.10.